The number of oxazole rings is 1. The summed E-state index contributed by atoms with van der Waals surface area (Å²) in [4.78, 5) is 5.00. The molecule has 46 heavy (non-hydrogen) atoms. The Morgan fingerprint density at radius 2 is 1.02 bits per heavy atom. The van der Waals surface area contributed by atoms with E-state index in [0.29, 0.717) is 5.89 Å². The monoisotopic (exact) mass is 586 g/mol. The van der Waals surface area contributed by atoms with Crippen molar-refractivity contribution in [3.05, 3.63) is 158 Å². The SMILES string of the molecule is c1ccc(-c2ccc3c(c2)c2cc(-c4ccccc4)ccc2n3-c2ccc3c4c(cccc24)-c2nc(-c4ccccc4)oc2-3)cc1. The van der Waals surface area contributed by atoms with Gasteiger partial charge in [0.2, 0.25) is 5.89 Å². The first-order valence-electron chi connectivity index (χ1n) is 15.6. The highest BCUT2D eigenvalue weighted by Crippen LogP contribution is 2.50. The van der Waals surface area contributed by atoms with Crippen LogP contribution in [-0.4, -0.2) is 9.55 Å². The number of hydrogen-bond donors (Lipinski definition) is 0. The molecule has 0 atom stereocenters. The molecule has 7 aromatic carbocycles. The third-order valence-corrected chi connectivity index (χ3v) is 9.39. The van der Waals surface area contributed by atoms with Gasteiger partial charge < -0.3 is 8.98 Å². The molecule has 0 aliphatic heterocycles. The standard InChI is InChI=1S/C43H26N2O/c1-4-11-27(12-5-1)30-19-22-38-35(25-30)36-26-31(28-13-6-2-7-14-28)20-23-39(36)45(38)37-24-21-34-40-32(37)17-10-18-33(40)41-42(34)46-43(44-41)29-15-8-3-9-16-29/h1-26H. The van der Waals surface area contributed by atoms with Crippen LogP contribution in [0.4, 0.5) is 0 Å². The van der Waals surface area contributed by atoms with Gasteiger partial charge in [0.25, 0.3) is 0 Å². The van der Waals surface area contributed by atoms with Crippen molar-refractivity contribution in [3.8, 4) is 62.0 Å². The van der Waals surface area contributed by atoms with Crippen LogP contribution >= 0.6 is 0 Å². The fourth-order valence-electron chi connectivity index (χ4n) is 7.27. The van der Waals surface area contributed by atoms with Gasteiger partial charge in [0.15, 0.2) is 5.76 Å². The summed E-state index contributed by atoms with van der Waals surface area (Å²) in [5, 5.41) is 4.84. The van der Waals surface area contributed by atoms with Crippen molar-refractivity contribution in [2.24, 2.45) is 0 Å². The molecule has 0 bridgehead atoms. The average Bonchev–Trinajstić information content (AvgIpc) is 3.80. The molecule has 0 fully saturated rings. The van der Waals surface area contributed by atoms with E-state index in [-0.39, 0.29) is 0 Å². The summed E-state index contributed by atoms with van der Waals surface area (Å²) in [5.74, 6) is 1.50. The second-order valence-electron chi connectivity index (χ2n) is 12.0. The van der Waals surface area contributed by atoms with Gasteiger partial charge >= 0.3 is 0 Å². The van der Waals surface area contributed by atoms with Crippen molar-refractivity contribution in [2.45, 2.75) is 0 Å². The predicted octanol–water partition coefficient (Wildman–Crippen LogP) is 11.6. The zero-order chi connectivity index (χ0) is 30.2. The van der Waals surface area contributed by atoms with E-state index < -0.39 is 0 Å². The number of fused-ring (bicyclic) bond motifs is 6. The van der Waals surface area contributed by atoms with E-state index in [2.05, 4.69) is 132 Å². The average molecular weight is 587 g/mol. The highest BCUT2D eigenvalue weighted by Gasteiger charge is 2.29. The van der Waals surface area contributed by atoms with Crippen LogP contribution in [0.15, 0.2) is 162 Å². The summed E-state index contributed by atoms with van der Waals surface area (Å²) in [6.45, 7) is 0. The van der Waals surface area contributed by atoms with Gasteiger partial charge in [0, 0.05) is 38.2 Å². The zero-order valence-corrected chi connectivity index (χ0v) is 24.8. The molecule has 3 nitrogen and oxygen atoms in total. The summed E-state index contributed by atoms with van der Waals surface area (Å²) in [6, 6.07) is 56.1. The van der Waals surface area contributed by atoms with Crippen molar-refractivity contribution < 1.29 is 4.42 Å². The van der Waals surface area contributed by atoms with Crippen LogP contribution in [-0.2, 0) is 0 Å². The van der Waals surface area contributed by atoms with Gasteiger partial charge in [0.05, 0.1) is 16.7 Å². The smallest absolute Gasteiger partial charge is 0.227 e. The lowest BCUT2D eigenvalue weighted by Crippen LogP contribution is -1.96. The minimum Gasteiger partial charge on any atom is -0.435 e. The summed E-state index contributed by atoms with van der Waals surface area (Å²) in [6.07, 6.45) is 0. The first kappa shape index (κ1) is 25.2. The van der Waals surface area contributed by atoms with Gasteiger partial charge in [-0.05, 0) is 70.8 Å². The first-order chi connectivity index (χ1) is 22.8. The molecule has 214 valence electrons. The molecule has 0 amide bonds. The van der Waals surface area contributed by atoms with Crippen LogP contribution in [0.3, 0.4) is 0 Å². The van der Waals surface area contributed by atoms with Crippen molar-refractivity contribution in [1.82, 2.24) is 9.55 Å². The van der Waals surface area contributed by atoms with Gasteiger partial charge in [-0.3, -0.25) is 0 Å². The predicted molar refractivity (Wildman–Crippen MR) is 189 cm³/mol. The minimum absolute atomic E-state index is 0.656. The summed E-state index contributed by atoms with van der Waals surface area (Å²) in [7, 11) is 0. The van der Waals surface area contributed by atoms with Gasteiger partial charge in [-0.2, -0.15) is 0 Å². The van der Waals surface area contributed by atoms with Crippen molar-refractivity contribution in [2.75, 3.05) is 0 Å². The highest BCUT2D eigenvalue weighted by atomic mass is 16.4. The molecule has 0 saturated heterocycles. The van der Waals surface area contributed by atoms with Gasteiger partial charge in [-0.1, -0.05) is 109 Å². The molecular weight excluding hydrogens is 560 g/mol. The van der Waals surface area contributed by atoms with Crippen molar-refractivity contribution in [1.29, 1.82) is 0 Å². The van der Waals surface area contributed by atoms with E-state index in [1.54, 1.807) is 0 Å². The van der Waals surface area contributed by atoms with Crippen LogP contribution in [0.1, 0.15) is 0 Å². The Morgan fingerprint density at radius 1 is 0.435 bits per heavy atom. The molecule has 0 N–H and O–H groups in total. The molecule has 1 aliphatic carbocycles. The van der Waals surface area contributed by atoms with E-state index in [1.165, 1.54) is 54.8 Å². The Hall–Kier alpha value is -6.19. The van der Waals surface area contributed by atoms with E-state index in [0.717, 1.165) is 33.8 Å². The molecule has 1 aliphatic rings. The summed E-state index contributed by atoms with van der Waals surface area (Å²) >= 11 is 0. The first-order valence-corrected chi connectivity index (χ1v) is 15.6. The third kappa shape index (κ3) is 3.63. The second-order valence-corrected chi connectivity index (χ2v) is 12.0. The fourth-order valence-corrected chi connectivity index (χ4v) is 7.27. The van der Waals surface area contributed by atoms with Crippen LogP contribution in [0.2, 0.25) is 0 Å². The Kier molecular flexibility index (Phi) is 5.28. The molecule has 0 radical (unpaired) electrons. The maximum atomic E-state index is 6.45. The van der Waals surface area contributed by atoms with Crippen LogP contribution in [0, 0.1) is 0 Å². The van der Waals surface area contributed by atoms with Gasteiger partial charge in [-0.25, -0.2) is 4.98 Å². The molecule has 0 unspecified atom stereocenters. The lowest BCUT2D eigenvalue weighted by Gasteiger charge is -2.13. The van der Waals surface area contributed by atoms with E-state index in [1.807, 2.05) is 30.3 Å². The number of aromatic nitrogens is 2. The molecule has 3 heteroatoms. The molecular formula is C43H26N2O. The van der Waals surface area contributed by atoms with Crippen LogP contribution < -0.4 is 0 Å². The van der Waals surface area contributed by atoms with Crippen LogP contribution in [0.5, 0.6) is 0 Å². The van der Waals surface area contributed by atoms with Crippen molar-refractivity contribution >= 4 is 32.6 Å². The second kappa shape index (κ2) is 9.65. The van der Waals surface area contributed by atoms with Crippen LogP contribution in [0.25, 0.3) is 94.6 Å². The molecule has 0 saturated carbocycles. The highest BCUT2D eigenvalue weighted by molar-refractivity contribution is 6.18. The Balaban J connectivity index is 1.22. The van der Waals surface area contributed by atoms with Crippen molar-refractivity contribution in [3.63, 3.8) is 0 Å². The molecule has 0 spiro atoms. The number of rotatable bonds is 4. The Bertz CT molecular complexity index is 2490. The number of hydrogen-bond acceptors (Lipinski definition) is 2. The molecule has 10 rings (SSSR count). The maximum Gasteiger partial charge on any atom is 0.227 e. The number of nitrogens with zero attached hydrogens (tertiary/aromatic N) is 2. The van der Waals surface area contributed by atoms with E-state index in [9.17, 15) is 0 Å². The topological polar surface area (TPSA) is 31.0 Å². The zero-order valence-electron chi connectivity index (χ0n) is 24.8. The quantitative estimate of drug-likeness (QED) is 0.205. The Morgan fingerprint density at radius 3 is 1.63 bits per heavy atom. The molecule has 2 heterocycles. The maximum absolute atomic E-state index is 6.45. The summed E-state index contributed by atoms with van der Waals surface area (Å²) < 4.78 is 8.88. The number of benzene rings is 7. The van der Waals surface area contributed by atoms with E-state index in [4.69, 9.17) is 9.40 Å². The third-order valence-electron chi connectivity index (χ3n) is 9.39. The van der Waals surface area contributed by atoms with Gasteiger partial charge in [-0.15, -0.1) is 0 Å². The largest absolute Gasteiger partial charge is 0.435 e. The summed E-state index contributed by atoms with van der Waals surface area (Å²) in [5.41, 5.74) is 12.5. The normalized spacial score (nSPS) is 11.9. The lowest BCUT2D eigenvalue weighted by molar-refractivity contribution is 0.590. The fraction of sp³-hybridized carbons (Fsp3) is 0. The molecule has 9 aromatic rings. The molecule has 2 aromatic heterocycles. The Labute approximate surface area is 265 Å². The van der Waals surface area contributed by atoms with E-state index >= 15 is 0 Å². The van der Waals surface area contributed by atoms with Gasteiger partial charge in [0.1, 0.15) is 5.69 Å². The minimum atomic E-state index is 0.656. The lowest BCUT2D eigenvalue weighted by atomic mass is 10.0.